The Kier molecular flexibility index (Phi) is 6.16. The highest BCUT2D eigenvalue weighted by atomic mass is 15.1. The SMILES string of the molecule is CN(C)CCCN(C)c1ccc(/C=C/c2ccccn2)cc1. The van der Waals surface area contributed by atoms with Gasteiger partial charge in [0.25, 0.3) is 0 Å². The van der Waals surface area contributed by atoms with E-state index in [1.807, 2.05) is 30.5 Å². The first-order chi connectivity index (χ1) is 10.6. The molecule has 0 spiro atoms. The smallest absolute Gasteiger partial charge is 0.0629 e. The minimum atomic E-state index is 0.979. The van der Waals surface area contributed by atoms with Gasteiger partial charge in [-0.15, -0.1) is 0 Å². The highest BCUT2D eigenvalue weighted by Gasteiger charge is 2.00. The molecule has 3 heteroatoms. The van der Waals surface area contributed by atoms with Gasteiger partial charge in [0.1, 0.15) is 0 Å². The van der Waals surface area contributed by atoms with Gasteiger partial charge in [-0.2, -0.15) is 0 Å². The molecule has 0 radical (unpaired) electrons. The van der Waals surface area contributed by atoms with Crippen molar-refractivity contribution in [3.8, 4) is 0 Å². The molecule has 0 saturated heterocycles. The fourth-order valence-corrected chi connectivity index (χ4v) is 2.25. The van der Waals surface area contributed by atoms with Crippen LogP contribution in [-0.4, -0.2) is 44.1 Å². The molecule has 2 aromatic rings. The summed E-state index contributed by atoms with van der Waals surface area (Å²) >= 11 is 0. The van der Waals surface area contributed by atoms with Crippen LogP contribution in [-0.2, 0) is 0 Å². The number of pyridine rings is 1. The van der Waals surface area contributed by atoms with Gasteiger partial charge in [-0.05, 0) is 63.0 Å². The molecule has 0 aliphatic carbocycles. The average Bonchev–Trinajstić information content (AvgIpc) is 2.54. The van der Waals surface area contributed by atoms with E-state index < -0.39 is 0 Å². The summed E-state index contributed by atoms with van der Waals surface area (Å²) < 4.78 is 0. The van der Waals surface area contributed by atoms with Crippen molar-refractivity contribution in [2.45, 2.75) is 6.42 Å². The summed E-state index contributed by atoms with van der Waals surface area (Å²) in [7, 11) is 6.37. The fraction of sp³-hybridized carbons (Fsp3) is 0.316. The van der Waals surface area contributed by atoms with Gasteiger partial charge < -0.3 is 9.80 Å². The molecule has 2 rings (SSSR count). The predicted molar refractivity (Wildman–Crippen MR) is 96.0 cm³/mol. The molecule has 22 heavy (non-hydrogen) atoms. The van der Waals surface area contributed by atoms with Crippen LogP contribution in [0, 0.1) is 0 Å². The maximum Gasteiger partial charge on any atom is 0.0629 e. The van der Waals surface area contributed by atoms with E-state index >= 15 is 0 Å². The van der Waals surface area contributed by atoms with Crippen LogP contribution in [0.25, 0.3) is 12.2 Å². The Balaban J connectivity index is 1.91. The molecule has 1 aromatic heterocycles. The molecule has 0 N–H and O–H groups in total. The quantitative estimate of drug-likeness (QED) is 0.777. The van der Waals surface area contributed by atoms with Gasteiger partial charge in [0.15, 0.2) is 0 Å². The first-order valence-corrected chi connectivity index (χ1v) is 7.70. The van der Waals surface area contributed by atoms with Gasteiger partial charge in [-0.3, -0.25) is 4.98 Å². The van der Waals surface area contributed by atoms with Gasteiger partial charge in [-0.25, -0.2) is 0 Å². The lowest BCUT2D eigenvalue weighted by Gasteiger charge is -2.20. The van der Waals surface area contributed by atoms with E-state index in [9.17, 15) is 0 Å². The van der Waals surface area contributed by atoms with E-state index in [4.69, 9.17) is 0 Å². The molecular formula is C19H25N3. The topological polar surface area (TPSA) is 19.4 Å². The monoisotopic (exact) mass is 295 g/mol. The molecule has 0 fully saturated rings. The zero-order valence-electron chi connectivity index (χ0n) is 13.7. The average molecular weight is 295 g/mol. The number of rotatable bonds is 7. The molecule has 0 aliphatic rings. The number of nitrogens with zero attached hydrogens (tertiary/aromatic N) is 3. The summed E-state index contributed by atoms with van der Waals surface area (Å²) in [6, 6.07) is 14.6. The van der Waals surface area contributed by atoms with Crippen LogP contribution in [0.15, 0.2) is 48.7 Å². The minimum Gasteiger partial charge on any atom is -0.375 e. The van der Waals surface area contributed by atoms with Gasteiger partial charge in [0.05, 0.1) is 5.69 Å². The zero-order chi connectivity index (χ0) is 15.8. The van der Waals surface area contributed by atoms with Crippen LogP contribution in [0.4, 0.5) is 5.69 Å². The van der Waals surface area contributed by atoms with Crippen LogP contribution < -0.4 is 4.90 Å². The number of aromatic nitrogens is 1. The number of benzene rings is 1. The van der Waals surface area contributed by atoms with Crippen molar-refractivity contribution < 1.29 is 0 Å². The van der Waals surface area contributed by atoms with Gasteiger partial charge in [0.2, 0.25) is 0 Å². The summed E-state index contributed by atoms with van der Waals surface area (Å²) in [6.07, 6.45) is 7.12. The van der Waals surface area contributed by atoms with E-state index in [-0.39, 0.29) is 0 Å². The largest absolute Gasteiger partial charge is 0.375 e. The summed E-state index contributed by atoms with van der Waals surface area (Å²) in [5.41, 5.74) is 3.43. The van der Waals surface area contributed by atoms with Crippen molar-refractivity contribution in [2.75, 3.05) is 39.1 Å². The Bertz CT molecular complexity index is 573. The molecular weight excluding hydrogens is 270 g/mol. The summed E-state index contributed by atoms with van der Waals surface area (Å²) in [5, 5.41) is 0. The second-order valence-electron chi connectivity index (χ2n) is 5.76. The summed E-state index contributed by atoms with van der Waals surface area (Å²) in [5.74, 6) is 0. The Morgan fingerprint density at radius 2 is 1.68 bits per heavy atom. The molecule has 0 bridgehead atoms. The first-order valence-electron chi connectivity index (χ1n) is 7.70. The number of hydrogen-bond donors (Lipinski definition) is 0. The van der Waals surface area contributed by atoms with Crippen LogP contribution in [0.3, 0.4) is 0 Å². The van der Waals surface area contributed by atoms with E-state index in [0.717, 1.165) is 18.8 Å². The Labute approximate surface area is 133 Å². The third kappa shape index (κ3) is 5.34. The highest BCUT2D eigenvalue weighted by Crippen LogP contribution is 2.15. The van der Waals surface area contributed by atoms with Gasteiger partial charge in [-0.1, -0.05) is 24.3 Å². The van der Waals surface area contributed by atoms with Crippen LogP contribution in [0.1, 0.15) is 17.7 Å². The van der Waals surface area contributed by atoms with Crippen molar-refractivity contribution in [3.05, 3.63) is 59.9 Å². The van der Waals surface area contributed by atoms with Gasteiger partial charge in [0, 0.05) is 25.5 Å². The lowest BCUT2D eigenvalue weighted by atomic mass is 10.1. The molecule has 116 valence electrons. The molecule has 0 amide bonds. The lowest BCUT2D eigenvalue weighted by Crippen LogP contribution is -2.23. The maximum atomic E-state index is 4.29. The normalized spacial score (nSPS) is 11.3. The molecule has 0 saturated carbocycles. The van der Waals surface area contributed by atoms with Crippen molar-refractivity contribution in [1.29, 1.82) is 0 Å². The second-order valence-corrected chi connectivity index (χ2v) is 5.76. The van der Waals surface area contributed by atoms with E-state index in [2.05, 4.69) is 66.3 Å². The molecule has 0 atom stereocenters. The van der Waals surface area contributed by atoms with Crippen molar-refractivity contribution in [1.82, 2.24) is 9.88 Å². The van der Waals surface area contributed by atoms with Gasteiger partial charge >= 0.3 is 0 Å². The maximum absolute atomic E-state index is 4.29. The number of hydrogen-bond acceptors (Lipinski definition) is 3. The van der Waals surface area contributed by atoms with E-state index in [1.165, 1.54) is 17.7 Å². The van der Waals surface area contributed by atoms with Crippen molar-refractivity contribution in [3.63, 3.8) is 0 Å². The Morgan fingerprint density at radius 3 is 2.32 bits per heavy atom. The van der Waals surface area contributed by atoms with Crippen LogP contribution in [0.5, 0.6) is 0 Å². The summed E-state index contributed by atoms with van der Waals surface area (Å²) in [4.78, 5) is 8.81. The third-order valence-electron chi connectivity index (χ3n) is 3.57. The van der Waals surface area contributed by atoms with Crippen LogP contribution >= 0.6 is 0 Å². The fourth-order valence-electron chi connectivity index (χ4n) is 2.25. The summed E-state index contributed by atoms with van der Waals surface area (Å²) in [6.45, 7) is 2.19. The molecule has 1 aromatic carbocycles. The van der Waals surface area contributed by atoms with Crippen molar-refractivity contribution >= 4 is 17.8 Å². The lowest BCUT2D eigenvalue weighted by molar-refractivity contribution is 0.401. The Hall–Kier alpha value is -2.13. The van der Waals surface area contributed by atoms with Crippen LogP contribution in [0.2, 0.25) is 0 Å². The standard InChI is InChI=1S/C19H25N3/c1-21(2)15-6-16-22(3)19-12-9-17(10-13-19)8-11-18-7-4-5-14-20-18/h4-5,7-14H,6,15-16H2,1-3H3/b11-8+. The Morgan fingerprint density at radius 1 is 0.909 bits per heavy atom. The number of anilines is 1. The van der Waals surface area contributed by atoms with E-state index in [0.29, 0.717) is 0 Å². The second kappa shape index (κ2) is 8.35. The van der Waals surface area contributed by atoms with E-state index in [1.54, 1.807) is 0 Å². The zero-order valence-corrected chi connectivity index (χ0v) is 13.7. The van der Waals surface area contributed by atoms with Crippen molar-refractivity contribution in [2.24, 2.45) is 0 Å². The minimum absolute atomic E-state index is 0.979. The predicted octanol–water partition coefficient (Wildman–Crippen LogP) is 3.64. The molecule has 0 aliphatic heterocycles. The molecule has 1 heterocycles. The molecule has 3 nitrogen and oxygen atoms in total. The molecule has 0 unspecified atom stereocenters. The first kappa shape index (κ1) is 16.2. The highest BCUT2D eigenvalue weighted by molar-refractivity contribution is 5.69. The third-order valence-corrected chi connectivity index (χ3v) is 3.57.